The number of halogens is 3. The number of hydrogen-bond donors (Lipinski definition) is 2. The number of guanidine groups is 1. The molecular formula is C17H24F3N3O. The minimum absolute atomic E-state index is 0.231. The molecule has 0 heterocycles. The first-order valence-electron chi connectivity index (χ1n) is 8.02. The van der Waals surface area contributed by atoms with Crippen LogP contribution in [0.15, 0.2) is 29.3 Å². The third-order valence-corrected chi connectivity index (χ3v) is 4.29. The van der Waals surface area contributed by atoms with Crippen molar-refractivity contribution in [1.29, 1.82) is 0 Å². The molecule has 0 amide bonds. The van der Waals surface area contributed by atoms with Crippen molar-refractivity contribution in [1.82, 2.24) is 10.6 Å². The van der Waals surface area contributed by atoms with Gasteiger partial charge in [-0.1, -0.05) is 18.2 Å². The van der Waals surface area contributed by atoms with Gasteiger partial charge in [-0.25, -0.2) is 0 Å². The lowest BCUT2D eigenvalue weighted by atomic mass is 9.94. The van der Waals surface area contributed by atoms with E-state index in [1.54, 1.807) is 20.2 Å². The number of methoxy groups -OCH3 is 1. The maximum absolute atomic E-state index is 12.9. The molecule has 2 N–H and O–H groups in total. The summed E-state index contributed by atoms with van der Waals surface area (Å²) in [5, 5.41) is 6.39. The number of nitrogens with zero attached hydrogens (tertiary/aromatic N) is 1. The van der Waals surface area contributed by atoms with Gasteiger partial charge >= 0.3 is 6.18 Å². The van der Waals surface area contributed by atoms with Crippen LogP contribution in [-0.4, -0.2) is 39.8 Å². The molecule has 0 aromatic heterocycles. The van der Waals surface area contributed by atoms with Gasteiger partial charge in [-0.2, -0.15) is 13.2 Å². The van der Waals surface area contributed by atoms with Crippen LogP contribution in [-0.2, 0) is 16.3 Å². The van der Waals surface area contributed by atoms with E-state index in [1.165, 1.54) is 12.1 Å². The molecule has 0 radical (unpaired) electrons. The molecule has 4 nitrogen and oxygen atoms in total. The number of hydrogen-bond acceptors (Lipinski definition) is 2. The Kier molecular flexibility index (Phi) is 6.10. The van der Waals surface area contributed by atoms with Gasteiger partial charge in [0.2, 0.25) is 0 Å². The summed E-state index contributed by atoms with van der Waals surface area (Å²) in [6.45, 7) is 1.96. The topological polar surface area (TPSA) is 45.7 Å². The fraction of sp³-hybridized carbons (Fsp3) is 0.588. The quantitative estimate of drug-likeness (QED) is 0.455. The predicted octanol–water partition coefficient (Wildman–Crippen LogP) is 2.94. The van der Waals surface area contributed by atoms with E-state index in [-0.39, 0.29) is 5.41 Å². The summed E-state index contributed by atoms with van der Waals surface area (Å²) in [6, 6.07) is 5.64. The van der Waals surface area contributed by atoms with E-state index in [2.05, 4.69) is 15.6 Å². The summed E-state index contributed by atoms with van der Waals surface area (Å²) in [4.78, 5) is 4.14. The Hall–Kier alpha value is -1.76. The number of aliphatic imine (C=N–C) groups is 1. The molecule has 24 heavy (non-hydrogen) atoms. The Bertz CT molecular complexity index is 568. The van der Waals surface area contributed by atoms with Crippen LogP contribution in [0.4, 0.5) is 13.2 Å². The monoisotopic (exact) mass is 343 g/mol. The summed E-state index contributed by atoms with van der Waals surface area (Å²) in [5.74, 6) is 0.657. The van der Waals surface area contributed by atoms with Crippen LogP contribution in [0.2, 0.25) is 0 Å². The van der Waals surface area contributed by atoms with Crippen LogP contribution in [0, 0.1) is 0 Å². The van der Waals surface area contributed by atoms with Crippen molar-refractivity contribution >= 4 is 5.96 Å². The van der Waals surface area contributed by atoms with E-state index < -0.39 is 11.7 Å². The Morgan fingerprint density at radius 2 is 2.04 bits per heavy atom. The summed E-state index contributed by atoms with van der Waals surface area (Å²) >= 11 is 0. The second-order valence-electron chi connectivity index (χ2n) is 6.06. The second-order valence-corrected chi connectivity index (χ2v) is 6.06. The van der Waals surface area contributed by atoms with E-state index >= 15 is 0 Å². The van der Waals surface area contributed by atoms with Crippen molar-refractivity contribution in [2.45, 2.75) is 30.9 Å². The number of ether oxygens (including phenoxy) is 1. The Morgan fingerprint density at radius 3 is 2.62 bits per heavy atom. The first-order chi connectivity index (χ1) is 11.4. The van der Waals surface area contributed by atoms with Crippen LogP contribution in [0.5, 0.6) is 0 Å². The third-order valence-electron chi connectivity index (χ3n) is 4.29. The van der Waals surface area contributed by atoms with Crippen LogP contribution in [0.25, 0.3) is 0 Å². The van der Waals surface area contributed by atoms with E-state index in [0.29, 0.717) is 19.1 Å². The first kappa shape index (κ1) is 18.6. The first-order valence-corrected chi connectivity index (χ1v) is 8.02. The highest BCUT2D eigenvalue weighted by molar-refractivity contribution is 5.79. The predicted molar refractivity (Wildman–Crippen MR) is 88.2 cm³/mol. The zero-order valence-corrected chi connectivity index (χ0v) is 14.0. The van der Waals surface area contributed by atoms with Gasteiger partial charge in [-0.15, -0.1) is 0 Å². The highest BCUT2D eigenvalue weighted by Crippen LogP contribution is 2.48. The molecule has 1 aliphatic carbocycles. The van der Waals surface area contributed by atoms with Gasteiger partial charge in [0.15, 0.2) is 5.96 Å². The molecule has 0 saturated heterocycles. The smallest absolute Gasteiger partial charge is 0.385 e. The molecule has 7 heteroatoms. The molecule has 134 valence electrons. The molecular weight excluding hydrogens is 319 g/mol. The normalized spacial score (nSPS) is 16.8. The van der Waals surface area contributed by atoms with Gasteiger partial charge in [0.25, 0.3) is 0 Å². The molecule has 0 atom stereocenters. The van der Waals surface area contributed by atoms with Crippen molar-refractivity contribution in [2.75, 3.05) is 33.9 Å². The van der Waals surface area contributed by atoms with Crippen molar-refractivity contribution in [3.8, 4) is 0 Å². The summed E-state index contributed by atoms with van der Waals surface area (Å²) in [6.07, 6.45) is -1.70. The molecule has 0 unspecified atom stereocenters. The molecule has 0 bridgehead atoms. The zero-order valence-electron chi connectivity index (χ0n) is 14.0. The van der Waals surface area contributed by atoms with Crippen LogP contribution >= 0.6 is 0 Å². The van der Waals surface area contributed by atoms with Gasteiger partial charge in [0, 0.05) is 39.3 Å². The molecule has 1 aromatic carbocycles. The van der Waals surface area contributed by atoms with Crippen molar-refractivity contribution in [3.63, 3.8) is 0 Å². The van der Waals surface area contributed by atoms with Crippen LogP contribution in [0.1, 0.15) is 30.4 Å². The standard InChI is InChI=1S/C17H24F3N3O/c1-21-15(22-9-4-10-24-2)23-12-16(7-8-16)13-5-3-6-14(11-13)17(18,19)20/h3,5-6,11H,4,7-10,12H2,1-2H3,(H2,21,22,23). The molecule has 0 spiro atoms. The van der Waals surface area contributed by atoms with Crippen LogP contribution < -0.4 is 10.6 Å². The van der Waals surface area contributed by atoms with Gasteiger partial charge < -0.3 is 15.4 Å². The summed E-state index contributed by atoms with van der Waals surface area (Å²) in [7, 11) is 3.33. The Balaban J connectivity index is 1.94. The fourth-order valence-electron chi connectivity index (χ4n) is 2.64. The van der Waals surface area contributed by atoms with Crippen LogP contribution in [0.3, 0.4) is 0 Å². The largest absolute Gasteiger partial charge is 0.416 e. The Labute approximate surface area is 140 Å². The van der Waals surface area contributed by atoms with Gasteiger partial charge in [-0.05, 0) is 30.9 Å². The number of rotatable bonds is 7. The van der Waals surface area contributed by atoms with Gasteiger partial charge in [0.05, 0.1) is 5.56 Å². The number of alkyl halides is 3. The fourth-order valence-corrected chi connectivity index (χ4v) is 2.64. The molecule has 2 rings (SSSR count). The molecule has 1 fully saturated rings. The van der Waals surface area contributed by atoms with Gasteiger partial charge in [-0.3, -0.25) is 4.99 Å². The Morgan fingerprint density at radius 1 is 1.29 bits per heavy atom. The SMILES string of the molecule is CN=C(NCCCOC)NCC1(c2cccc(C(F)(F)F)c2)CC1. The average Bonchev–Trinajstić information content (AvgIpc) is 3.35. The molecule has 1 saturated carbocycles. The molecule has 1 aromatic rings. The van der Waals surface area contributed by atoms with Crippen molar-refractivity contribution in [3.05, 3.63) is 35.4 Å². The summed E-state index contributed by atoms with van der Waals surface area (Å²) < 4.78 is 43.7. The zero-order chi connectivity index (χ0) is 17.6. The molecule has 0 aliphatic heterocycles. The van der Waals surface area contributed by atoms with E-state index in [1.807, 2.05) is 0 Å². The highest BCUT2D eigenvalue weighted by Gasteiger charge is 2.45. The third kappa shape index (κ3) is 4.87. The highest BCUT2D eigenvalue weighted by atomic mass is 19.4. The van der Waals surface area contributed by atoms with E-state index in [4.69, 9.17) is 4.74 Å². The summed E-state index contributed by atoms with van der Waals surface area (Å²) in [5.41, 5.74) is -0.0844. The average molecular weight is 343 g/mol. The number of benzene rings is 1. The minimum atomic E-state index is -4.31. The lowest BCUT2D eigenvalue weighted by Crippen LogP contribution is -2.41. The maximum atomic E-state index is 12.9. The maximum Gasteiger partial charge on any atom is 0.416 e. The lowest BCUT2D eigenvalue weighted by molar-refractivity contribution is -0.137. The van der Waals surface area contributed by atoms with E-state index in [9.17, 15) is 13.2 Å². The van der Waals surface area contributed by atoms with E-state index in [0.717, 1.165) is 37.4 Å². The van der Waals surface area contributed by atoms with Crippen molar-refractivity contribution in [2.24, 2.45) is 4.99 Å². The second kappa shape index (κ2) is 7.88. The lowest BCUT2D eigenvalue weighted by Gasteiger charge is -2.20. The number of nitrogens with one attached hydrogen (secondary N) is 2. The van der Waals surface area contributed by atoms with Gasteiger partial charge in [0.1, 0.15) is 0 Å². The minimum Gasteiger partial charge on any atom is -0.385 e. The molecule has 1 aliphatic rings. The van der Waals surface area contributed by atoms with Crippen molar-refractivity contribution < 1.29 is 17.9 Å².